The molecule has 0 aromatic carbocycles. The summed E-state index contributed by atoms with van der Waals surface area (Å²) < 4.78 is 5.42. The quantitative estimate of drug-likeness (QED) is 0.846. The highest BCUT2D eigenvalue weighted by Crippen LogP contribution is 2.35. The van der Waals surface area contributed by atoms with Crippen LogP contribution >= 0.6 is 22.9 Å². The maximum atomic E-state index is 6.13. The summed E-state index contributed by atoms with van der Waals surface area (Å²) in [5.41, 5.74) is 7.13. The third-order valence-corrected chi connectivity index (χ3v) is 4.04. The van der Waals surface area contributed by atoms with E-state index in [1.54, 1.807) is 11.3 Å². The van der Waals surface area contributed by atoms with E-state index in [2.05, 4.69) is 0 Å². The molecular weight excluding hydrogens is 218 g/mol. The van der Waals surface area contributed by atoms with Gasteiger partial charge in [-0.2, -0.15) is 0 Å². The molecule has 0 saturated carbocycles. The van der Waals surface area contributed by atoms with E-state index in [9.17, 15) is 0 Å². The summed E-state index contributed by atoms with van der Waals surface area (Å²) in [4.78, 5) is 0.998. The van der Waals surface area contributed by atoms with Gasteiger partial charge < -0.3 is 10.5 Å². The fourth-order valence-electron chi connectivity index (χ4n) is 1.44. The molecule has 0 saturated heterocycles. The molecule has 2 N–H and O–H groups in total. The highest BCUT2D eigenvalue weighted by atomic mass is 35.5. The molecule has 2 rings (SSSR count). The molecule has 4 heteroatoms. The van der Waals surface area contributed by atoms with Crippen molar-refractivity contribution in [1.82, 2.24) is 0 Å². The lowest BCUT2D eigenvalue weighted by atomic mass is 10.2. The van der Waals surface area contributed by atoms with Crippen LogP contribution in [0.4, 0.5) is 0 Å². The molecule has 1 aromatic heterocycles. The van der Waals surface area contributed by atoms with Gasteiger partial charge in [-0.25, -0.2) is 0 Å². The van der Waals surface area contributed by atoms with Crippen LogP contribution in [0.2, 0.25) is 5.02 Å². The molecule has 76 valence electrons. The van der Waals surface area contributed by atoms with E-state index >= 15 is 0 Å². The normalized spacial score (nSPS) is 17.8. The van der Waals surface area contributed by atoms with Gasteiger partial charge in [-0.1, -0.05) is 11.6 Å². The Bertz CT molecular complexity index is 372. The minimum Gasteiger partial charge on any atom is -0.496 e. The van der Waals surface area contributed by atoms with Crippen molar-refractivity contribution in [3.63, 3.8) is 0 Å². The van der Waals surface area contributed by atoms with Crippen LogP contribution in [-0.2, 0) is 4.74 Å². The summed E-state index contributed by atoms with van der Waals surface area (Å²) in [6, 6.07) is -0.191. The van der Waals surface area contributed by atoms with Gasteiger partial charge in [0.25, 0.3) is 0 Å². The van der Waals surface area contributed by atoms with E-state index in [1.165, 1.54) is 0 Å². The van der Waals surface area contributed by atoms with Gasteiger partial charge in [-0.05, 0) is 23.9 Å². The van der Waals surface area contributed by atoms with Crippen molar-refractivity contribution in [3.05, 3.63) is 32.7 Å². The first-order chi connectivity index (χ1) is 6.70. The van der Waals surface area contributed by atoms with Gasteiger partial charge in [-0.15, -0.1) is 11.3 Å². The van der Waals surface area contributed by atoms with Crippen molar-refractivity contribution in [1.29, 1.82) is 0 Å². The zero-order valence-electron chi connectivity index (χ0n) is 7.92. The number of rotatable bonds is 2. The number of hydrogen-bond donors (Lipinski definition) is 1. The number of ether oxygens (including phenoxy) is 1. The second kappa shape index (κ2) is 3.93. The minimum atomic E-state index is -0.191. The average molecular weight is 230 g/mol. The highest BCUT2D eigenvalue weighted by Gasteiger charge is 2.21. The summed E-state index contributed by atoms with van der Waals surface area (Å²) in [7, 11) is 0. The molecule has 2 nitrogen and oxygen atoms in total. The summed E-state index contributed by atoms with van der Waals surface area (Å²) in [5.74, 6) is 0.855. The lowest BCUT2D eigenvalue weighted by Gasteiger charge is -2.11. The predicted octanol–water partition coefficient (Wildman–Crippen LogP) is 3.01. The number of aryl methyl sites for hydroxylation is 1. The topological polar surface area (TPSA) is 35.2 Å². The van der Waals surface area contributed by atoms with Crippen molar-refractivity contribution in [2.24, 2.45) is 5.73 Å². The zero-order chi connectivity index (χ0) is 10.1. The second-order valence-corrected chi connectivity index (χ2v) is 4.61. The van der Waals surface area contributed by atoms with Crippen LogP contribution in [0.3, 0.4) is 0 Å². The molecule has 1 aliphatic heterocycles. The maximum Gasteiger partial charge on any atom is 0.114 e. The molecule has 0 spiro atoms. The molecule has 2 heterocycles. The van der Waals surface area contributed by atoms with E-state index in [-0.39, 0.29) is 6.04 Å². The molecule has 1 unspecified atom stereocenters. The fraction of sp³-hybridized carbons (Fsp3) is 0.400. The van der Waals surface area contributed by atoms with E-state index < -0.39 is 0 Å². The van der Waals surface area contributed by atoms with Gasteiger partial charge in [0, 0.05) is 11.3 Å². The first-order valence-corrected chi connectivity index (χ1v) is 5.78. The fourth-order valence-corrected chi connectivity index (χ4v) is 2.76. The van der Waals surface area contributed by atoms with Crippen LogP contribution in [0.5, 0.6) is 0 Å². The molecule has 1 aromatic rings. The Morgan fingerprint density at radius 3 is 2.93 bits per heavy atom. The summed E-state index contributed by atoms with van der Waals surface area (Å²) in [6.07, 6.45) is 2.99. The largest absolute Gasteiger partial charge is 0.496 e. The Morgan fingerprint density at radius 1 is 1.64 bits per heavy atom. The van der Waals surface area contributed by atoms with Gasteiger partial charge in [0.05, 0.1) is 17.7 Å². The van der Waals surface area contributed by atoms with Crippen molar-refractivity contribution in [2.45, 2.75) is 19.4 Å². The first-order valence-electron chi connectivity index (χ1n) is 4.52. The van der Waals surface area contributed by atoms with Crippen LogP contribution < -0.4 is 5.73 Å². The van der Waals surface area contributed by atoms with Crippen molar-refractivity contribution in [3.8, 4) is 0 Å². The monoisotopic (exact) mass is 229 g/mol. The number of thiophene rings is 1. The van der Waals surface area contributed by atoms with Gasteiger partial charge >= 0.3 is 0 Å². The Labute approximate surface area is 92.3 Å². The molecule has 0 radical (unpaired) electrons. The highest BCUT2D eigenvalue weighted by molar-refractivity contribution is 7.10. The van der Waals surface area contributed by atoms with Gasteiger partial charge in [-0.3, -0.25) is 0 Å². The van der Waals surface area contributed by atoms with E-state index in [1.807, 2.05) is 18.4 Å². The second-order valence-electron chi connectivity index (χ2n) is 3.32. The standard InChI is InChI=1S/C10H12ClNOS/c1-6-5-14-10(8(6)11)9(12)7-3-2-4-13-7/h3,5,9H,2,4,12H2,1H3. The smallest absolute Gasteiger partial charge is 0.114 e. The molecular formula is C10H12ClNOS. The third-order valence-electron chi connectivity index (χ3n) is 2.25. The Balaban J connectivity index is 2.26. The zero-order valence-corrected chi connectivity index (χ0v) is 9.49. The van der Waals surface area contributed by atoms with Crippen LogP contribution in [0.25, 0.3) is 0 Å². The number of nitrogens with two attached hydrogens (primary N) is 1. The van der Waals surface area contributed by atoms with Crippen LogP contribution in [0.1, 0.15) is 22.9 Å². The van der Waals surface area contributed by atoms with Gasteiger partial charge in [0.15, 0.2) is 0 Å². The summed E-state index contributed by atoms with van der Waals surface area (Å²) >= 11 is 7.72. The summed E-state index contributed by atoms with van der Waals surface area (Å²) in [6.45, 7) is 2.73. The number of halogens is 1. The molecule has 14 heavy (non-hydrogen) atoms. The molecule has 0 aliphatic carbocycles. The van der Waals surface area contributed by atoms with E-state index in [0.717, 1.165) is 34.3 Å². The SMILES string of the molecule is Cc1csc(C(N)C2=CCCO2)c1Cl. The Kier molecular flexibility index (Phi) is 2.81. The lowest BCUT2D eigenvalue weighted by molar-refractivity contribution is 0.226. The van der Waals surface area contributed by atoms with Crippen LogP contribution in [-0.4, -0.2) is 6.61 Å². The first kappa shape index (κ1) is 10.0. The molecule has 0 fully saturated rings. The van der Waals surface area contributed by atoms with Gasteiger partial charge in [0.2, 0.25) is 0 Å². The predicted molar refractivity (Wildman–Crippen MR) is 59.6 cm³/mol. The molecule has 1 aliphatic rings. The Hall–Kier alpha value is -0.510. The lowest BCUT2D eigenvalue weighted by Crippen LogP contribution is -2.12. The molecule has 0 amide bonds. The van der Waals surface area contributed by atoms with Gasteiger partial charge in [0.1, 0.15) is 5.76 Å². The third kappa shape index (κ3) is 1.67. The van der Waals surface area contributed by atoms with Crippen molar-refractivity contribution < 1.29 is 4.74 Å². The number of hydrogen-bond acceptors (Lipinski definition) is 3. The minimum absolute atomic E-state index is 0.191. The molecule has 0 bridgehead atoms. The van der Waals surface area contributed by atoms with E-state index in [4.69, 9.17) is 22.1 Å². The maximum absolute atomic E-state index is 6.13. The van der Waals surface area contributed by atoms with Crippen LogP contribution in [0, 0.1) is 6.92 Å². The van der Waals surface area contributed by atoms with Crippen molar-refractivity contribution >= 4 is 22.9 Å². The van der Waals surface area contributed by atoms with Crippen LogP contribution in [0.15, 0.2) is 17.2 Å². The van der Waals surface area contributed by atoms with E-state index in [0.29, 0.717) is 0 Å². The molecule has 1 atom stereocenters. The Morgan fingerprint density at radius 2 is 2.43 bits per heavy atom. The van der Waals surface area contributed by atoms with Crippen molar-refractivity contribution in [2.75, 3.05) is 6.61 Å². The summed E-state index contributed by atoms with van der Waals surface area (Å²) in [5, 5.41) is 2.80. The average Bonchev–Trinajstić information content (AvgIpc) is 2.77.